The van der Waals surface area contributed by atoms with Gasteiger partial charge >= 0.3 is 0 Å². The quantitative estimate of drug-likeness (QED) is 0.592. The molecule has 0 aromatic rings. The van der Waals surface area contributed by atoms with Crippen molar-refractivity contribution in [2.45, 2.75) is 97.1 Å². The van der Waals surface area contributed by atoms with Crippen LogP contribution in [0.2, 0.25) is 0 Å². The fourth-order valence-electron chi connectivity index (χ4n) is 6.07. The zero-order valence-corrected chi connectivity index (χ0v) is 19.3. The lowest BCUT2D eigenvalue weighted by Gasteiger charge is -2.44. The third kappa shape index (κ3) is 4.93. The Labute approximate surface area is 182 Å². The van der Waals surface area contributed by atoms with Crippen molar-refractivity contribution < 1.29 is 20.1 Å². The third-order valence-corrected chi connectivity index (χ3v) is 8.17. The molecule has 3 N–H and O–H groups in total. The molecular formula is C26H42O4. The number of allylic oxidation sites excluding steroid dienone is 3. The van der Waals surface area contributed by atoms with Crippen LogP contribution in [0.15, 0.2) is 35.5 Å². The Morgan fingerprint density at radius 1 is 1.20 bits per heavy atom. The van der Waals surface area contributed by atoms with E-state index < -0.39 is 18.3 Å². The van der Waals surface area contributed by atoms with Gasteiger partial charge < -0.3 is 20.1 Å². The second-order valence-electron chi connectivity index (χ2n) is 10.5. The van der Waals surface area contributed by atoms with E-state index in [1.165, 1.54) is 24.8 Å². The molecule has 170 valence electrons. The van der Waals surface area contributed by atoms with Crippen LogP contribution < -0.4 is 0 Å². The summed E-state index contributed by atoms with van der Waals surface area (Å²) in [7, 11) is 0. The first-order valence-corrected chi connectivity index (χ1v) is 11.9. The molecule has 7 atom stereocenters. The van der Waals surface area contributed by atoms with Crippen molar-refractivity contribution in [2.24, 2.45) is 23.2 Å². The van der Waals surface area contributed by atoms with Crippen LogP contribution in [0, 0.1) is 23.2 Å². The van der Waals surface area contributed by atoms with E-state index in [9.17, 15) is 15.3 Å². The largest absolute Gasteiger partial charge is 0.393 e. The van der Waals surface area contributed by atoms with Crippen LogP contribution >= 0.6 is 0 Å². The highest BCUT2D eigenvalue weighted by atomic mass is 16.5. The summed E-state index contributed by atoms with van der Waals surface area (Å²) in [6, 6.07) is 0. The van der Waals surface area contributed by atoms with Crippen molar-refractivity contribution in [2.75, 3.05) is 6.61 Å². The molecule has 0 aromatic carbocycles. The van der Waals surface area contributed by atoms with Gasteiger partial charge in [0.1, 0.15) is 0 Å². The van der Waals surface area contributed by atoms with E-state index in [0.29, 0.717) is 31.3 Å². The standard InChI is InChI=1S/C26H42O4/c1-16(2)25(29)15-30-18(4)22-10-11-23-19(7-6-12-26(22,23)5)8-9-20-13-21(27)14-24(28)17(20)3/h8-9,16,18,21-25,27-29H,3,6-7,10-15H2,1-2,4-5H3/b19-8+,20-9-/t18-,21+,22+,23?,24-,25+,26+/m0/s1. The van der Waals surface area contributed by atoms with Crippen molar-refractivity contribution in [1.29, 1.82) is 0 Å². The van der Waals surface area contributed by atoms with E-state index in [2.05, 4.69) is 32.6 Å². The Bertz CT molecular complexity index is 679. The lowest BCUT2D eigenvalue weighted by atomic mass is 9.62. The maximum atomic E-state index is 10.1. The molecule has 0 aromatic heterocycles. The predicted octanol–water partition coefficient (Wildman–Crippen LogP) is 4.55. The molecule has 4 nitrogen and oxygen atoms in total. The zero-order chi connectivity index (χ0) is 22.1. The van der Waals surface area contributed by atoms with Crippen LogP contribution in [-0.2, 0) is 4.74 Å². The predicted molar refractivity (Wildman–Crippen MR) is 121 cm³/mol. The number of rotatable bonds is 6. The lowest BCUT2D eigenvalue weighted by molar-refractivity contribution is -0.0651. The van der Waals surface area contributed by atoms with E-state index in [1.54, 1.807) is 0 Å². The van der Waals surface area contributed by atoms with Crippen molar-refractivity contribution in [3.8, 4) is 0 Å². The van der Waals surface area contributed by atoms with Gasteiger partial charge in [-0.15, -0.1) is 0 Å². The van der Waals surface area contributed by atoms with E-state index in [0.717, 1.165) is 24.0 Å². The van der Waals surface area contributed by atoms with Gasteiger partial charge in [-0.05, 0) is 79.8 Å². The monoisotopic (exact) mass is 418 g/mol. The van der Waals surface area contributed by atoms with Crippen LogP contribution in [-0.4, -0.2) is 46.3 Å². The summed E-state index contributed by atoms with van der Waals surface area (Å²) in [6.07, 6.45) is 9.82. The van der Waals surface area contributed by atoms with Gasteiger partial charge in [-0.25, -0.2) is 0 Å². The summed E-state index contributed by atoms with van der Waals surface area (Å²) in [5.74, 6) is 1.28. The van der Waals surface area contributed by atoms with Crippen molar-refractivity contribution in [1.82, 2.24) is 0 Å². The first kappa shape index (κ1) is 23.7. The zero-order valence-electron chi connectivity index (χ0n) is 19.3. The molecule has 4 heteroatoms. The highest BCUT2D eigenvalue weighted by Crippen LogP contribution is 2.58. The SMILES string of the molecule is C=C1/C(=C\C=C2/CCC[C@@]3(C)C2CC[C@@H]3[C@H](C)OC[C@@H](O)C(C)C)C[C@@H](O)C[C@@H]1O. The Balaban J connectivity index is 1.72. The summed E-state index contributed by atoms with van der Waals surface area (Å²) < 4.78 is 6.14. The number of ether oxygens (including phenoxy) is 1. The molecule has 0 spiro atoms. The minimum atomic E-state index is -0.634. The molecular weight excluding hydrogens is 376 g/mol. The highest BCUT2D eigenvalue weighted by molar-refractivity contribution is 5.38. The van der Waals surface area contributed by atoms with Gasteiger partial charge in [-0.2, -0.15) is 0 Å². The molecule has 3 fully saturated rings. The van der Waals surface area contributed by atoms with E-state index in [1.807, 2.05) is 13.8 Å². The van der Waals surface area contributed by atoms with Crippen LogP contribution in [0.4, 0.5) is 0 Å². The summed E-state index contributed by atoms with van der Waals surface area (Å²) in [6.45, 7) is 13.1. The topological polar surface area (TPSA) is 69.9 Å². The molecule has 0 aliphatic heterocycles. The molecule has 3 saturated carbocycles. The fraction of sp³-hybridized carbons (Fsp3) is 0.769. The van der Waals surface area contributed by atoms with Crippen molar-refractivity contribution in [3.05, 3.63) is 35.5 Å². The van der Waals surface area contributed by atoms with E-state index in [4.69, 9.17) is 4.74 Å². The summed E-state index contributed by atoms with van der Waals surface area (Å²) in [5, 5.41) is 30.3. The van der Waals surface area contributed by atoms with Gasteiger partial charge in [-0.1, -0.05) is 45.1 Å². The molecule has 3 aliphatic rings. The van der Waals surface area contributed by atoms with Crippen LogP contribution in [0.25, 0.3) is 0 Å². The third-order valence-electron chi connectivity index (χ3n) is 8.17. The Morgan fingerprint density at radius 2 is 1.93 bits per heavy atom. The summed E-state index contributed by atoms with van der Waals surface area (Å²) >= 11 is 0. The Hall–Kier alpha value is -0.940. The summed E-state index contributed by atoms with van der Waals surface area (Å²) in [4.78, 5) is 0. The molecule has 0 radical (unpaired) electrons. The second kappa shape index (κ2) is 9.68. The molecule has 30 heavy (non-hydrogen) atoms. The van der Waals surface area contributed by atoms with Crippen LogP contribution in [0.3, 0.4) is 0 Å². The lowest BCUT2D eigenvalue weighted by Crippen LogP contribution is -2.39. The van der Waals surface area contributed by atoms with Crippen molar-refractivity contribution >= 4 is 0 Å². The Kier molecular flexibility index (Phi) is 7.66. The first-order chi connectivity index (χ1) is 14.1. The van der Waals surface area contributed by atoms with Gasteiger partial charge in [0.15, 0.2) is 0 Å². The van der Waals surface area contributed by atoms with Gasteiger partial charge in [0.05, 0.1) is 31.0 Å². The number of hydrogen-bond acceptors (Lipinski definition) is 4. The average Bonchev–Trinajstić information content (AvgIpc) is 3.04. The number of aliphatic hydroxyl groups excluding tert-OH is 3. The molecule has 0 heterocycles. The molecule has 0 bridgehead atoms. The highest BCUT2D eigenvalue weighted by Gasteiger charge is 2.51. The van der Waals surface area contributed by atoms with Gasteiger partial charge in [0.2, 0.25) is 0 Å². The second-order valence-corrected chi connectivity index (χ2v) is 10.5. The normalized spacial score (nSPS) is 39.5. The van der Waals surface area contributed by atoms with Gasteiger partial charge in [0, 0.05) is 6.42 Å². The maximum absolute atomic E-state index is 10.1. The minimum Gasteiger partial charge on any atom is -0.393 e. The molecule has 1 unspecified atom stereocenters. The van der Waals surface area contributed by atoms with Gasteiger partial charge in [0.25, 0.3) is 0 Å². The van der Waals surface area contributed by atoms with Crippen LogP contribution in [0.5, 0.6) is 0 Å². The molecule has 0 saturated heterocycles. The van der Waals surface area contributed by atoms with E-state index >= 15 is 0 Å². The maximum Gasteiger partial charge on any atom is 0.0811 e. The van der Waals surface area contributed by atoms with E-state index in [-0.39, 0.29) is 17.4 Å². The van der Waals surface area contributed by atoms with Crippen LogP contribution in [0.1, 0.15) is 72.6 Å². The number of aliphatic hydroxyl groups is 3. The summed E-state index contributed by atoms with van der Waals surface area (Å²) in [5.41, 5.74) is 3.46. The fourth-order valence-corrected chi connectivity index (χ4v) is 6.07. The number of fused-ring (bicyclic) bond motifs is 1. The molecule has 3 aliphatic carbocycles. The number of hydrogen-bond donors (Lipinski definition) is 3. The Morgan fingerprint density at radius 3 is 2.63 bits per heavy atom. The minimum absolute atomic E-state index is 0.148. The van der Waals surface area contributed by atoms with Gasteiger partial charge in [-0.3, -0.25) is 0 Å². The smallest absolute Gasteiger partial charge is 0.0811 e. The molecule has 3 rings (SSSR count). The van der Waals surface area contributed by atoms with Crippen molar-refractivity contribution in [3.63, 3.8) is 0 Å². The average molecular weight is 419 g/mol. The first-order valence-electron chi connectivity index (χ1n) is 11.9. The molecule has 0 amide bonds.